The molecule has 124 valence electrons. The Balaban J connectivity index is 1.78. The zero-order valence-electron chi connectivity index (χ0n) is 13.2. The van der Waals surface area contributed by atoms with Gasteiger partial charge in [-0.15, -0.1) is 0 Å². The van der Waals surface area contributed by atoms with Crippen LogP contribution in [0.2, 0.25) is 0 Å². The molecule has 0 radical (unpaired) electrons. The molecule has 0 saturated heterocycles. The van der Waals surface area contributed by atoms with E-state index < -0.39 is 5.97 Å². The molecule has 0 saturated carbocycles. The number of carbonyl (C=O) groups excluding carboxylic acids is 1. The van der Waals surface area contributed by atoms with Crippen molar-refractivity contribution in [2.45, 2.75) is 0 Å². The third kappa shape index (κ3) is 2.65. The number of rotatable bonds is 3. The smallest absolute Gasteiger partial charge is 0.337 e. The van der Waals surface area contributed by atoms with Crippen molar-refractivity contribution in [3.8, 4) is 22.8 Å². The number of esters is 1. The summed E-state index contributed by atoms with van der Waals surface area (Å²) >= 11 is 0. The first kappa shape index (κ1) is 15.1. The molecular formula is C18H13FN4O2. The van der Waals surface area contributed by atoms with E-state index in [9.17, 15) is 9.18 Å². The number of carbonyl (C=O) groups is 1. The fourth-order valence-corrected chi connectivity index (χ4v) is 2.68. The van der Waals surface area contributed by atoms with Crippen molar-refractivity contribution in [1.82, 2.24) is 20.2 Å². The van der Waals surface area contributed by atoms with Gasteiger partial charge >= 0.3 is 5.97 Å². The largest absolute Gasteiger partial charge is 0.465 e. The van der Waals surface area contributed by atoms with Gasteiger partial charge in [-0.1, -0.05) is 12.1 Å². The van der Waals surface area contributed by atoms with Gasteiger partial charge in [0.2, 0.25) is 0 Å². The van der Waals surface area contributed by atoms with Crippen LogP contribution in [0, 0.1) is 5.82 Å². The Morgan fingerprint density at radius 2 is 2.08 bits per heavy atom. The maximum absolute atomic E-state index is 13.4. The van der Waals surface area contributed by atoms with Gasteiger partial charge in [-0.3, -0.25) is 5.10 Å². The van der Waals surface area contributed by atoms with Crippen LogP contribution in [0.15, 0.2) is 48.7 Å². The van der Waals surface area contributed by atoms with E-state index >= 15 is 0 Å². The summed E-state index contributed by atoms with van der Waals surface area (Å²) in [5.41, 5.74) is 3.13. The van der Waals surface area contributed by atoms with Crippen LogP contribution in [0.4, 0.5) is 4.39 Å². The number of imidazole rings is 1. The van der Waals surface area contributed by atoms with Gasteiger partial charge in [0.1, 0.15) is 11.5 Å². The Labute approximate surface area is 141 Å². The van der Waals surface area contributed by atoms with E-state index in [1.165, 1.54) is 19.2 Å². The van der Waals surface area contributed by atoms with Crippen molar-refractivity contribution in [2.24, 2.45) is 0 Å². The Kier molecular flexibility index (Phi) is 3.53. The van der Waals surface area contributed by atoms with Crippen LogP contribution >= 0.6 is 0 Å². The van der Waals surface area contributed by atoms with Gasteiger partial charge in [0.05, 0.1) is 30.1 Å². The van der Waals surface area contributed by atoms with Gasteiger partial charge in [0.15, 0.2) is 5.82 Å². The number of halogens is 1. The number of benzene rings is 2. The van der Waals surface area contributed by atoms with Gasteiger partial charge in [-0.25, -0.2) is 14.2 Å². The molecule has 2 aromatic heterocycles. The average Bonchev–Trinajstić information content (AvgIpc) is 3.27. The summed E-state index contributed by atoms with van der Waals surface area (Å²) in [4.78, 5) is 19.2. The van der Waals surface area contributed by atoms with Crippen molar-refractivity contribution in [3.05, 3.63) is 60.0 Å². The van der Waals surface area contributed by atoms with Gasteiger partial charge in [0, 0.05) is 10.9 Å². The standard InChI is InChI=1S/C18H13FN4O2/c1-25-18(24)11-5-6-14-13(8-11)16(23-22-14)17-20-9-15(21-17)10-3-2-4-12(19)7-10/h2-9H,1H3,(H,20,21)(H,22,23). The lowest BCUT2D eigenvalue weighted by Crippen LogP contribution is -2.00. The molecule has 0 aliphatic carbocycles. The predicted molar refractivity (Wildman–Crippen MR) is 90.4 cm³/mol. The quantitative estimate of drug-likeness (QED) is 0.561. The lowest BCUT2D eigenvalue weighted by atomic mass is 10.1. The summed E-state index contributed by atoms with van der Waals surface area (Å²) in [6.07, 6.45) is 1.62. The van der Waals surface area contributed by atoms with Crippen LogP contribution in [0.5, 0.6) is 0 Å². The molecule has 0 atom stereocenters. The van der Waals surface area contributed by atoms with E-state index in [0.717, 1.165) is 10.9 Å². The van der Waals surface area contributed by atoms with Crippen molar-refractivity contribution in [3.63, 3.8) is 0 Å². The van der Waals surface area contributed by atoms with Crippen LogP contribution in [-0.4, -0.2) is 33.2 Å². The number of aromatic nitrogens is 4. The van der Waals surface area contributed by atoms with E-state index in [1.807, 2.05) is 0 Å². The van der Waals surface area contributed by atoms with Crippen molar-refractivity contribution in [1.29, 1.82) is 0 Å². The minimum Gasteiger partial charge on any atom is -0.465 e. The molecule has 4 aromatic rings. The highest BCUT2D eigenvalue weighted by Gasteiger charge is 2.15. The summed E-state index contributed by atoms with van der Waals surface area (Å²) in [7, 11) is 1.33. The predicted octanol–water partition coefficient (Wildman–Crippen LogP) is 3.55. The van der Waals surface area contributed by atoms with Gasteiger partial charge in [0.25, 0.3) is 0 Å². The summed E-state index contributed by atoms with van der Waals surface area (Å²) in [6, 6.07) is 11.4. The molecule has 0 fully saturated rings. The lowest BCUT2D eigenvalue weighted by Gasteiger charge is -2.00. The molecule has 2 aromatic carbocycles. The molecule has 0 aliphatic heterocycles. The molecule has 0 spiro atoms. The maximum atomic E-state index is 13.4. The molecule has 4 rings (SSSR count). The Bertz CT molecular complexity index is 1080. The fourth-order valence-electron chi connectivity index (χ4n) is 2.68. The molecule has 2 N–H and O–H groups in total. The first-order chi connectivity index (χ1) is 12.2. The Hall–Kier alpha value is -3.48. The second-order valence-electron chi connectivity index (χ2n) is 5.48. The van der Waals surface area contributed by atoms with Crippen LogP contribution < -0.4 is 0 Å². The fraction of sp³-hybridized carbons (Fsp3) is 0.0556. The molecule has 2 heterocycles. The molecule has 0 aliphatic rings. The number of ether oxygens (including phenoxy) is 1. The topological polar surface area (TPSA) is 83.7 Å². The van der Waals surface area contributed by atoms with Gasteiger partial charge in [-0.2, -0.15) is 5.10 Å². The SMILES string of the molecule is COC(=O)c1ccc2[nH]nc(-c3ncc(-c4cccc(F)c4)[nH]3)c2c1. The highest BCUT2D eigenvalue weighted by Crippen LogP contribution is 2.27. The van der Waals surface area contributed by atoms with E-state index in [4.69, 9.17) is 4.74 Å². The second kappa shape index (κ2) is 5.86. The first-order valence-electron chi connectivity index (χ1n) is 7.53. The number of nitrogens with zero attached hydrogens (tertiary/aromatic N) is 2. The van der Waals surface area contributed by atoms with Crippen molar-refractivity contribution in [2.75, 3.05) is 7.11 Å². The number of fused-ring (bicyclic) bond motifs is 1. The third-order valence-corrected chi connectivity index (χ3v) is 3.92. The summed E-state index contributed by atoms with van der Waals surface area (Å²) in [6.45, 7) is 0. The van der Waals surface area contributed by atoms with E-state index in [2.05, 4.69) is 20.2 Å². The molecule has 0 unspecified atom stereocenters. The normalized spacial score (nSPS) is 11.0. The van der Waals surface area contributed by atoms with E-state index in [1.54, 1.807) is 36.5 Å². The van der Waals surface area contributed by atoms with Crippen LogP contribution in [0.25, 0.3) is 33.7 Å². The lowest BCUT2D eigenvalue weighted by molar-refractivity contribution is 0.0601. The Morgan fingerprint density at radius 1 is 1.20 bits per heavy atom. The van der Waals surface area contributed by atoms with Crippen LogP contribution in [0.1, 0.15) is 10.4 Å². The molecule has 0 amide bonds. The van der Waals surface area contributed by atoms with E-state index in [-0.39, 0.29) is 5.82 Å². The zero-order chi connectivity index (χ0) is 17.4. The van der Waals surface area contributed by atoms with Crippen molar-refractivity contribution < 1.29 is 13.9 Å². The average molecular weight is 336 g/mol. The zero-order valence-corrected chi connectivity index (χ0v) is 13.2. The highest BCUT2D eigenvalue weighted by atomic mass is 19.1. The van der Waals surface area contributed by atoms with Crippen LogP contribution in [-0.2, 0) is 4.74 Å². The molecule has 6 nitrogen and oxygen atoms in total. The molecule has 25 heavy (non-hydrogen) atoms. The second-order valence-corrected chi connectivity index (χ2v) is 5.48. The minimum atomic E-state index is -0.422. The maximum Gasteiger partial charge on any atom is 0.337 e. The number of hydrogen-bond acceptors (Lipinski definition) is 4. The monoisotopic (exact) mass is 336 g/mol. The Morgan fingerprint density at radius 3 is 2.88 bits per heavy atom. The first-order valence-corrected chi connectivity index (χ1v) is 7.53. The third-order valence-electron chi connectivity index (χ3n) is 3.92. The van der Waals surface area contributed by atoms with Crippen LogP contribution in [0.3, 0.4) is 0 Å². The number of hydrogen-bond donors (Lipinski definition) is 2. The van der Waals surface area contributed by atoms with E-state index in [0.29, 0.717) is 28.3 Å². The van der Waals surface area contributed by atoms with Crippen molar-refractivity contribution >= 4 is 16.9 Å². The molecule has 7 heteroatoms. The number of H-pyrrole nitrogens is 2. The summed E-state index contributed by atoms with van der Waals surface area (Å²) < 4.78 is 18.2. The molecule has 0 bridgehead atoms. The number of nitrogens with one attached hydrogen (secondary N) is 2. The number of aromatic amines is 2. The molecular weight excluding hydrogens is 323 g/mol. The number of methoxy groups -OCH3 is 1. The van der Waals surface area contributed by atoms with Gasteiger partial charge < -0.3 is 9.72 Å². The van der Waals surface area contributed by atoms with Gasteiger partial charge in [-0.05, 0) is 30.3 Å². The minimum absolute atomic E-state index is 0.318. The summed E-state index contributed by atoms with van der Waals surface area (Å²) in [5.74, 6) is -0.219. The summed E-state index contributed by atoms with van der Waals surface area (Å²) in [5, 5.41) is 7.92. The highest BCUT2D eigenvalue weighted by molar-refractivity contribution is 5.98.